The molecule has 0 aliphatic carbocycles. The second-order valence-electron chi connectivity index (χ2n) is 8.18. The summed E-state index contributed by atoms with van der Waals surface area (Å²) in [5, 5.41) is 0. The summed E-state index contributed by atoms with van der Waals surface area (Å²) in [7, 11) is 0. The van der Waals surface area contributed by atoms with Crippen LogP contribution in [0, 0.1) is 5.92 Å². The van der Waals surface area contributed by atoms with Gasteiger partial charge in [0, 0.05) is 23.6 Å². The van der Waals surface area contributed by atoms with E-state index in [1.54, 1.807) is 0 Å². The molecule has 0 aromatic heterocycles. The minimum atomic E-state index is -0.250. The second-order valence-corrected chi connectivity index (χ2v) is 8.18. The van der Waals surface area contributed by atoms with Crippen LogP contribution in [0.3, 0.4) is 0 Å². The van der Waals surface area contributed by atoms with Gasteiger partial charge in [0.05, 0.1) is 6.61 Å². The van der Waals surface area contributed by atoms with Crippen molar-refractivity contribution >= 4 is 11.9 Å². The quantitative estimate of drug-likeness (QED) is 0.615. The molecule has 2 bridgehead atoms. The first kappa shape index (κ1) is 20.5. The van der Waals surface area contributed by atoms with Gasteiger partial charge in [-0.15, -0.1) is 0 Å². The number of hydrogen-bond acceptors (Lipinski definition) is 4. The molecule has 4 rings (SSSR count). The molecular weight excluding hydrogens is 378 g/mol. The lowest BCUT2D eigenvalue weighted by Crippen LogP contribution is -2.55. The average molecular weight is 408 g/mol. The first-order valence-corrected chi connectivity index (χ1v) is 10.9. The van der Waals surface area contributed by atoms with Crippen molar-refractivity contribution < 1.29 is 19.1 Å². The number of carbonyl (C=O) groups excluding carboxylic acids is 2. The maximum atomic E-state index is 13.1. The van der Waals surface area contributed by atoms with Gasteiger partial charge in [0.15, 0.2) is 5.78 Å². The molecule has 2 heterocycles. The SMILES string of the molecule is CCOc1ccc(C(=O)C2CC3CCCC(C2)N3C(=O)OCc2ccccc2)cc1. The summed E-state index contributed by atoms with van der Waals surface area (Å²) in [6, 6.07) is 17.3. The zero-order chi connectivity index (χ0) is 20.9. The third-order valence-corrected chi connectivity index (χ3v) is 6.21. The summed E-state index contributed by atoms with van der Waals surface area (Å²) >= 11 is 0. The van der Waals surface area contributed by atoms with Gasteiger partial charge in [0.2, 0.25) is 0 Å². The molecule has 2 aromatic rings. The molecule has 30 heavy (non-hydrogen) atoms. The fourth-order valence-corrected chi connectivity index (χ4v) is 4.81. The molecule has 2 atom stereocenters. The van der Waals surface area contributed by atoms with E-state index in [1.807, 2.05) is 66.4 Å². The van der Waals surface area contributed by atoms with Gasteiger partial charge < -0.3 is 14.4 Å². The van der Waals surface area contributed by atoms with E-state index in [1.165, 1.54) is 0 Å². The van der Waals surface area contributed by atoms with Crippen LogP contribution in [0.25, 0.3) is 0 Å². The Labute approximate surface area is 178 Å². The summed E-state index contributed by atoms with van der Waals surface area (Å²) in [6.07, 6.45) is 4.14. The Hall–Kier alpha value is -2.82. The smallest absolute Gasteiger partial charge is 0.410 e. The van der Waals surface area contributed by atoms with Crippen molar-refractivity contribution in [3.8, 4) is 5.75 Å². The van der Waals surface area contributed by atoms with E-state index >= 15 is 0 Å². The number of benzene rings is 2. The molecule has 5 nitrogen and oxygen atoms in total. The highest BCUT2D eigenvalue weighted by Crippen LogP contribution is 2.39. The molecule has 0 N–H and O–H groups in total. The van der Waals surface area contributed by atoms with Gasteiger partial charge in [-0.1, -0.05) is 30.3 Å². The number of rotatable bonds is 6. The summed E-state index contributed by atoms with van der Waals surface area (Å²) in [4.78, 5) is 27.9. The first-order chi connectivity index (χ1) is 14.7. The number of amides is 1. The normalized spacial score (nSPS) is 23.0. The Morgan fingerprint density at radius 1 is 0.967 bits per heavy atom. The van der Waals surface area contributed by atoms with Crippen LogP contribution in [0.4, 0.5) is 4.79 Å². The van der Waals surface area contributed by atoms with Gasteiger partial charge in [0.25, 0.3) is 0 Å². The number of hydrogen-bond donors (Lipinski definition) is 0. The standard InChI is InChI=1S/C25H29NO4/c1-2-29-23-13-11-19(12-14-23)24(27)20-15-21-9-6-10-22(16-20)26(21)25(28)30-17-18-7-4-3-5-8-18/h3-5,7-8,11-14,20-22H,2,6,9-10,15-17H2,1H3. The van der Waals surface area contributed by atoms with Gasteiger partial charge in [-0.25, -0.2) is 4.79 Å². The molecule has 0 saturated carbocycles. The van der Waals surface area contributed by atoms with Gasteiger partial charge in [0.1, 0.15) is 12.4 Å². The van der Waals surface area contributed by atoms with Crippen molar-refractivity contribution in [3.63, 3.8) is 0 Å². The predicted octanol–water partition coefficient (Wildman–Crippen LogP) is 5.24. The Kier molecular flexibility index (Phi) is 6.36. The van der Waals surface area contributed by atoms with E-state index in [0.29, 0.717) is 19.4 Å². The molecule has 2 aliphatic heterocycles. The summed E-state index contributed by atoms with van der Waals surface area (Å²) < 4.78 is 11.1. The van der Waals surface area contributed by atoms with Gasteiger partial charge in [-0.2, -0.15) is 0 Å². The van der Waals surface area contributed by atoms with Crippen LogP contribution in [0.2, 0.25) is 0 Å². The van der Waals surface area contributed by atoms with Crippen molar-refractivity contribution in [2.45, 2.75) is 57.7 Å². The maximum Gasteiger partial charge on any atom is 0.410 e. The molecular formula is C25H29NO4. The molecule has 0 radical (unpaired) electrons. The lowest BCUT2D eigenvalue weighted by molar-refractivity contribution is 0.00472. The molecule has 2 aliphatic rings. The second kappa shape index (κ2) is 9.33. The van der Waals surface area contributed by atoms with Gasteiger partial charge in [-0.3, -0.25) is 4.79 Å². The van der Waals surface area contributed by atoms with Crippen molar-refractivity contribution in [1.29, 1.82) is 0 Å². The van der Waals surface area contributed by atoms with Crippen LogP contribution in [0.1, 0.15) is 54.9 Å². The maximum absolute atomic E-state index is 13.1. The van der Waals surface area contributed by atoms with E-state index in [4.69, 9.17) is 9.47 Å². The third-order valence-electron chi connectivity index (χ3n) is 6.21. The highest BCUT2D eigenvalue weighted by Gasteiger charge is 2.43. The summed E-state index contributed by atoms with van der Waals surface area (Å²) in [6.45, 7) is 2.83. The molecule has 2 aromatic carbocycles. The summed E-state index contributed by atoms with van der Waals surface area (Å²) in [5.41, 5.74) is 1.71. The largest absolute Gasteiger partial charge is 0.494 e. The number of ketones is 1. The van der Waals surface area contributed by atoms with Crippen LogP contribution in [0.15, 0.2) is 54.6 Å². The number of fused-ring (bicyclic) bond motifs is 2. The van der Waals surface area contributed by atoms with E-state index in [2.05, 4.69) is 0 Å². The molecule has 0 spiro atoms. The third kappa shape index (κ3) is 4.50. The number of carbonyl (C=O) groups is 2. The predicted molar refractivity (Wildman–Crippen MR) is 115 cm³/mol. The topological polar surface area (TPSA) is 55.8 Å². The van der Waals surface area contributed by atoms with E-state index in [0.717, 1.165) is 36.1 Å². The van der Waals surface area contributed by atoms with Gasteiger partial charge in [-0.05, 0) is 68.9 Å². The van der Waals surface area contributed by atoms with Crippen molar-refractivity contribution in [2.75, 3.05) is 6.61 Å². The van der Waals surface area contributed by atoms with Crippen LogP contribution >= 0.6 is 0 Å². The molecule has 2 unspecified atom stereocenters. The number of ether oxygens (including phenoxy) is 2. The van der Waals surface area contributed by atoms with Crippen LogP contribution < -0.4 is 4.74 Å². The minimum Gasteiger partial charge on any atom is -0.494 e. The number of Topliss-reactive ketones (excluding diaryl/α,β-unsaturated/α-hetero) is 1. The lowest BCUT2D eigenvalue weighted by atomic mass is 9.76. The van der Waals surface area contributed by atoms with Gasteiger partial charge >= 0.3 is 6.09 Å². The Bertz CT molecular complexity index is 850. The van der Waals surface area contributed by atoms with Crippen molar-refractivity contribution in [3.05, 3.63) is 65.7 Å². The fourth-order valence-electron chi connectivity index (χ4n) is 4.81. The zero-order valence-corrected chi connectivity index (χ0v) is 17.5. The van der Waals surface area contributed by atoms with Crippen molar-refractivity contribution in [2.24, 2.45) is 5.92 Å². The lowest BCUT2D eigenvalue weighted by Gasteiger charge is -2.47. The molecule has 2 saturated heterocycles. The first-order valence-electron chi connectivity index (χ1n) is 10.9. The zero-order valence-electron chi connectivity index (χ0n) is 17.5. The Morgan fingerprint density at radius 2 is 1.63 bits per heavy atom. The average Bonchev–Trinajstić information content (AvgIpc) is 2.77. The van der Waals surface area contributed by atoms with E-state index in [9.17, 15) is 9.59 Å². The highest BCUT2D eigenvalue weighted by molar-refractivity contribution is 5.98. The highest BCUT2D eigenvalue weighted by atomic mass is 16.6. The summed E-state index contributed by atoms with van der Waals surface area (Å²) in [5.74, 6) is 0.908. The van der Waals surface area contributed by atoms with E-state index in [-0.39, 0.29) is 36.5 Å². The molecule has 5 heteroatoms. The monoisotopic (exact) mass is 407 g/mol. The fraction of sp³-hybridized carbons (Fsp3) is 0.440. The molecule has 158 valence electrons. The molecule has 1 amide bonds. The number of piperidine rings is 2. The Morgan fingerprint density at radius 3 is 2.27 bits per heavy atom. The number of nitrogens with zero attached hydrogens (tertiary/aromatic N) is 1. The van der Waals surface area contributed by atoms with Crippen LogP contribution in [-0.4, -0.2) is 35.5 Å². The van der Waals surface area contributed by atoms with Crippen LogP contribution in [0.5, 0.6) is 5.75 Å². The molecule has 2 fully saturated rings. The van der Waals surface area contributed by atoms with Crippen LogP contribution in [-0.2, 0) is 11.3 Å². The van der Waals surface area contributed by atoms with E-state index < -0.39 is 0 Å². The minimum absolute atomic E-state index is 0.0450. The van der Waals surface area contributed by atoms with Crippen molar-refractivity contribution in [1.82, 2.24) is 4.90 Å². The Balaban J connectivity index is 1.40.